The van der Waals surface area contributed by atoms with Crippen LogP contribution in [0.15, 0.2) is 29.2 Å². The zero-order valence-corrected chi connectivity index (χ0v) is 13.3. The van der Waals surface area contributed by atoms with Gasteiger partial charge in [0, 0.05) is 28.6 Å². The number of rotatable bonds is 2. The number of carbonyl (C=O) groups is 1. The van der Waals surface area contributed by atoms with Gasteiger partial charge in [-0.15, -0.1) is 11.8 Å². The highest BCUT2D eigenvalue weighted by molar-refractivity contribution is 9.09. The van der Waals surface area contributed by atoms with Gasteiger partial charge in [0.1, 0.15) is 0 Å². The summed E-state index contributed by atoms with van der Waals surface area (Å²) in [5.74, 6) is 1.31. The Balaban J connectivity index is 1.81. The maximum Gasteiger partial charge on any atom is 0.231 e. The Morgan fingerprint density at radius 1 is 1.37 bits per heavy atom. The van der Waals surface area contributed by atoms with Crippen LogP contribution in [0, 0.1) is 0 Å². The predicted molar refractivity (Wildman–Crippen MR) is 83.1 cm³/mol. The van der Waals surface area contributed by atoms with Gasteiger partial charge in [0.15, 0.2) is 0 Å². The lowest BCUT2D eigenvalue weighted by molar-refractivity contribution is -0.135. The molecule has 0 radical (unpaired) electrons. The number of alkyl halides is 1. The maximum absolute atomic E-state index is 12.8. The Hall–Kier alpha value is -0.480. The van der Waals surface area contributed by atoms with Gasteiger partial charge in [-0.2, -0.15) is 0 Å². The lowest BCUT2D eigenvalue weighted by Crippen LogP contribution is -2.46. The number of likely N-dealkylation sites (tertiary alicyclic amines) is 1. The van der Waals surface area contributed by atoms with Crippen molar-refractivity contribution in [1.82, 2.24) is 4.90 Å². The second-order valence-electron chi connectivity index (χ2n) is 5.24. The molecule has 2 aliphatic rings. The maximum atomic E-state index is 12.8. The van der Waals surface area contributed by atoms with Crippen molar-refractivity contribution in [3.8, 4) is 0 Å². The number of nitrogens with zero attached hydrogens (tertiary/aromatic N) is 1. The Labute approximate surface area is 127 Å². The standard InChI is InChI=1S/C15H18BrNOS/c16-9-11-5-3-4-8-17(11)15(18)13-10-19-14-7-2-1-6-12(13)14/h1-2,6-7,11,13H,3-5,8-10H2. The van der Waals surface area contributed by atoms with Crippen LogP contribution in [-0.4, -0.2) is 34.5 Å². The summed E-state index contributed by atoms with van der Waals surface area (Å²) in [4.78, 5) is 16.2. The lowest BCUT2D eigenvalue weighted by atomic mass is 9.96. The summed E-state index contributed by atoms with van der Waals surface area (Å²) in [6.45, 7) is 0.929. The number of fused-ring (bicyclic) bond motifs is 1. The molecule has 3 rings (SSSR count). The minimum atomic E-state index is 0.0702. The highest BCUT2D eigenvalue weighted by Gasteiger charge is 2.35. The molecule has 2 aliphatic heterocycles. The van der Waals surface area contributed by atoms with Crippen molar-refractivity contribution < 1.29 is 4.79 Å². The molecule has 4 heteroatoms. The summed E-state index contributed by atoms with van der Waals surface area (Å²) in [5, 5.41) is 0.903. The molecule has 1 saturated heterocycles. The largest absolute Gasteiger partial charge is 0.338 e. The van der Waals surface area contributed by atoms with Gasteiger partial charge in [0.25, 0.3) is 0 Å². The fourth-order valence-corrected chi connectivity index (χ4v) is 4.91. The summed E-state index contributed by atoms with van der Waals surface area (Å²) < 4.78 is 0. The summed E-state index contributed by atoms with van der Waals surface area (Å²) >= 11 is 5.38. The molecule has 0 aromatic heterocycles. The minimum absolute atomic E-state index is 0.0702. The number of hydrogen-bond donors (Lipinski definition) is 0. The van der Waals surface area contributed by atoms with E-state index in [1.807, 2.05) is 17.8 Å². The minimum Gasteiger partial charge on any atom is -0.338 e. The van der Waals surface area contributed by atoms with E-state index >= 15 is 0 Å². The third kappa shape index (κ3) is 2.57. The fraction of sp³-hybridized carbons (Fsp3) is 0.533. The number of carbonyl (C=O) groups excluding carboxylic acids is 1. The van der Waals surface area contributed by atoms with E-state index in [0.29, 0.717) is 11.9 Å². The molecule has 1 amide bonds. The van der Waals surface area contributed by atoms with Crippen LogP contribution >= 0.6 is 27.7 Å². The molecule has 1 aromatic rings. The van der Waals surface area contributed by atoms with Gasteiger partial charge in [0.2, 0.25) is 5.91 Å². The first-order valence-corrected chi connectivity index (χ1v) is 9.00. The number of amides is 1. The fourth-order valence-electron chi connectivity index (χ4n) is 3.02. The topological polar surface area (TPSA) is 20.3 Å². The van der Waals surface area contributed by atoms with Crippen molar-refractivity contribution in [2.75, 3.05) is 17.6 Å². The molecule has 0 spiro atoms. The second-order valence-corrected chi connectivity index (χ2v) is 6.95. The Morgan fingerprint density at radius 3 is 3.05 bits per heavy atom. The van der Waals surface area contributed by atoms with Crippen LogP contribution in [0.25, 0.3) is 0 Å². The second kappa shape index (κ2) is 5.88. The monoisotopic (exact) mass is 339 g/mol. The van der Waals surface area contributed by atoms with Crippen LogP contribution in [0.2, 0.25) is 0 Å². The molecule has 102 valence electrons. The molecular weight excluding hydrogens is 322 g/mol. The SMILES string of the molecule is O=C(C1CSc2ccccc21)N1CCCCC1CBr. The van der Waals surface area contributed by atoms with E-state index in [0.717, 1.165) is 30.5 Å². The van der Waals surface area contributed by atoms with E-state index in [1.165, 1.54) is 16.9 Å². The van der Waals surface area contributed by atoms with Crippen LogP contribution in [0.5, 0.6) is 0 Å². The number of piperidine rings is 1. The summed E-state index contributed by atoms with van der Waals surface area (Å²) in [7, 11) is 0. The van der Waals surface area contributed by atoms with Gasteiger partial charge < -0.3 is 4.90 Å². The van der Waals surface area contributed by atoms with Crippen molar-refractivity contribution >= 4 is 33.6 Å². The van der Waals surface area contributed by atoms with Gasteiger partial charge in [-0.1, -0.05) is 34.1 Å². The van der Waals surface area contributed by atoms with Crippen LogP contribution in [0.3, 0.4) is 0 Å². The Bertz CT molecular complexity index is 479. The third-order valence-corrected chi connectivity index (χ3v) is 6.02. The molecule has 2 nitrogen and oxygen atoms in total. The normalized spacial score (nSPS) is 26.3. The molecule has 0 N–H and O–H groups in total. The van der Waals surface area contributed by atoms with Crippen LogP contribution in [0.4, 0.5) is 0 Å². The third-order valence-electron chi connectivity index (χ3n) is 4.09. The zero-order chi connectivity index (χ0) is 13.2. The average molecular weight is 340 g/mol. The molecule has 2 unspecified atom stereocenters. The zero-order valence-electron chi connectivity index (χ0n) is 10.8. The number of thioether (sulfide) groups is 1. The van der Waals surface area contributed by atoms with E-state index in [9.17, 15) is 4.79 Å². The lowest BCUT2D eigenvalue weighted by Gasteiger charge is -2.36. The highest BCUT2D eigenvalue weighted by Crippen LogP contribution is 2.40. The summed E-state index contributed by atoms with van der Waals surface area (Å²) in [6.07, 6.45) is 3.53. The molecule has 19 heavy (non-hydrogen) atoms. The number of halogens is 1. The first-order chi connectivity index (χ1) is 9.31. The van der Waals surface area contributed by atoms with E-state index in [1.54, 1.807) is 0 Å². The van der Waals surface area contributed by atoms with Gasteiger partial charge in [-0.05, 0) is 30.9 Å². The van der Waals surface area contributed by atoms with Crippen molar-refractivity contribution in [2.24, 2.45) is 0 Å². The molecule has 1 fully saturated rings. The molecule has 0 bridgehead atoms. The molecule has 0 aliphatic carbocycles. The van der Waals surface area contributed by atoms with Gasteiger partial charge >= 0.3 is 0 Å². The van der Waals surface area contributed by atoms with E-state index < -0.39 is 0 Å². The van der Waals surface area contributed by atoms with Crippen molar-refractivity contribution in [3.63, 3.8) is 0 Å². The molecule has 1 aromatic carbocycles. The van der Waals surface area contributed by atoms with Crippen molar-refractivity contribution in [2.45, 2.75) is 36.1 Å². The average Bonchev–Trinajstić information content (AvgIpc) is 2.90. The quantitative estimate of drug-likeness (QED) is 0.766. The van der Waals surface area contributed by atoms with E-state index in [-0.39, 0.29) is 5.92 Å². The van der Waals surface area contributed by atoms with Crippen LogP contribution < -0.4 is 0 Å². The Morgan fingerprint density at radius 2 is 2.21 bits per heavy atom. The summed E-state index contributed by atoms with van der Waals surface area (Å²) in [6, 6.07) is 8.74. The molecule has 0 saturated carbocycles. The smallest absolute Gasteiger partial charge is 0.231 e. The van der Waals surface area contributed by atoms with E-state index in [2.05, 4.69) is 39.0 Å². The van der Waals surface area contributed by atoms with Gasteiger partial charge in [0.05, 0.1) is 5.92 Å². The van der Waals surface area contributed by atoms with Crippen LogP contribution in [0.1, 0.15) is 30.7 Å². The first-order valence-electron chi connectivity index (χ1n) is 6.89. The Kier molecular flexibility index (Phi) is 4.18. The van der Waals surface area contributed by atoms with Gasteiger partial charge in [-0.25, -0.2) is 0 Å². The highest BCUT2D eigenvalue weighted by atomic mass is 79.9. The van der Waals surface area contributed by atoms with Crippen LogP contribution in [-0.2, 0) is 4.79 Å². The molecular formula is C15H18BrNOS. The number of hydrogen-bond acceptors (Lipinski definition) is 2. The van der Waals surface area contributed by atoms with Crippen molar-refractivity contribution in [1.29, 1.82) is 0 Å². The first kappa shape index (κ1) is 13.5. The molecule has 2 heterocycles. The predicted octanol–water partition coefficient (Wildman–Crippen LogP) is 3.65. The van der Waals surface area contributed by atoms with Crippen molar-refractivity contribution in [3.05, 3.63) is 29.8 Å². The number of benzene rings is 1. The van der Waals surface area contributed by atoms with Gasteiger partial charge in [-0.3, -0.25) is 4.79 Å². The summed E-state index contributed by atoms with van der Waals surface area (Å²) in [5.41, 5.74) is 1.23. The molecule has 2 atom stereocenters. The van der Waals surface area contributed by atoms with E-state index in [4.69, 9.17) is 0 Å².